The fourth-order valence-electron chi connectivity index (χ4n) is 3.32. The van der Waals surface area contributed by atoms with Gasteiger partial charge in [0.15, 0.2) is 21.2 Å². The van der Waals surface area contributed by atoms with Crippen LogP contribution in [0, 0.1) is 0 Å². The number of carbonyl (C=O) groups is 1. The van der Waals surface area contributed by atoms with Crippen LogP contribution in [-0.4, -0.2) is 34.8 Å². The van der Waals surface area contributed by atoms with Crippen molar-refractivity contribution >= 4 is 32.5 Å². The number of anilines is 1. The van der Waals surface area contributed by atoms with E-state index in [0.29, 0.717) is 28.1 Å². The SMILES string of the molecule is CCS(=O)(=O)c1ccccc1NC(=O)c1cc(-c2ccco2)nc2c1cnn2C(C)C. The molecule has 0 unspecified atom stereocenters. The van der Waals surface area contributed by atoms with Crippen LogP contribution < -0.4 is 5.32 Å². The molecule has 4 rings (SSSR count). The lowest BCUT2D eigenvalue weighted by molar-refractivity contribution is 0.102. The summed E-state index contributed by atoms with van der Waals surface area (Å²) in [6.07, 6.45) is 3.13. The summed E-state index contributed by atoms with van der Waals surface area (Å²) < 4.78 is 32.1. The molecule has 3 aromatic heterocycles. The molecule has 0 radical (unpaired) electrons. The van der Waals surface area contributed by atoms with E-state index >= 15 is 0 Å². The third-order valence-corrected chi connectivity index (χ3v) is 6.71. The number of amides is 1. The molecule has 0 aliphatic carbocycles. The maximum absolute atomic E-state index is 13.3. The molecule has 0 atom stereocenters. The molecular weight excluding hydrogens is 416 g/mol. The Bertz CT molecular complexity index is 1360. The highest BCUT2D eigenvalue weighted by atomic mass is 32.2. The smallest absolute Gasteiger partial charge is 0.256 e. The second kappa shape index (κ2) is 7.99. The number of furan rings is 1. The van der Waals surface area contributed by atoms with E-state index in [0.717, 1.165) is 0 Å². The first kappa shape index (κ1) is 20.8. The van der Waals surface area contributed by atoms with Crippen LogP contribution in [0.25, 0.3) is 22.5 Å². The minimum absolute atomic E-state index is 0.0307. The quantitative estimate of drug-likeness (QED) is 0.480. The van der Waals surface area contributed by atoms with E-state index in [-0.39, 0.29) is 22.4 Å². The van der Waals surface area contributed by atoms with Gasteiger partial charge in [0, 0.05) is 6.04 Å². The van der Waals surface area contributed by atoms with Gasteiger partial charge in [0.25, 0.3) is 5.91 Å². The van der Waals surface area contributed by atoms with E-state index in [1.54, 1.807) is 54.2 Å². The van der Waals surface area contributed by atoms with Crippen molar-refractivity contribution in [2.75, 3.05) is 11.1 Å². The monoisotopic (exact) mass is 438 g/mol. The number of benzene rings is 1. The summed E-state index contributed by atoms with van der Waals surface area (Å²) >= 11 is 0. The summed E-state index contributed by atoms with van der Waals surface area (Å²) in [5, 5.41) is 7.71. The molecule has 1 amide bonds. The van der Waals surface area contributed by atoms with Crippen LogP contribution in [-0.2, 0) is 9.84 Å². The van der Waals surface area contributed by atoms with Gasteiger partial charge in [-0.15, -0.1) is 0 Å². The number of aromatic nitrogens is 3. The molecule has 0 fully saturated rings. The Morgan fingerprint density at radius 1 is 1.19 bits per heavy atom. The summed E-state index contributed by atoms with van der Waals surface area (Å²) in [6, 6.07) is 11.5. The van der Waals surface area contributed by atoms with Crippen molar-refractivity contribution in [3.63, 3.8) is 0 Å². The number of nitrogens with zero attached hydrogens (tertiary/aromatic N) is 3. The van der Waals surface area contributed by atoms with Gasteiger partial charge in [0.2, 0.25) is 0 Å². The topological polar surface area (TPSA) is 107 Å². The molecule has 3 heterocycles. The van der Waals surface area contributed by atoms with Crippen LogP contribution in [0.1, 0.15) is 37.2 Å². The lowest BCUT2D eigenvalue weighted by atomic mass is 10.1. The Hall–Kier alpha value is -3.46. The van der Waals surface area contributed by atoms with Crippen LogP contribution in [0.15, 0.2) is 64.2 Å². The average molecular weight is 439 g/mol. The van der Waals surface area contributed by atoms with Crippen molar-refractivity contribution < 1.29 is 17.6 Å². The molecule has 0 bridgehead atoms. The molecule has 0 aliphatic heterocycles. The third-order valence-electron chi connectivity index (χ3n) is 4.92. The Balaban J connectivity index is 1.84. The highest BCUT2D eigenvalue weighted by molar-refractivity contribution is 7.91. The zero-order chi connectivity index (χ0) is 22.2. The Kier molecular flexibility index (Phi) is 5.36. The third kappa shape index (κ3) is 3.84. The molecule has 8 nitrogen and oxygen atoms in total. The second-order valence-corrected chi connectivity index (χ2v) is 9.55. The van der Waals surface area contributed by atoms with Gasteiger partial charge >= 0.3 is 0 Å². The zero-order valence-electron chi connectivity index (χ0n) is 17.4. The summed E-state index contributed by atoms with van der Waals surface area (Å²) in [5.74, 6) is -0.00732. The molecule has 0 aliphatic rings. The number of sulfone groups is 1. The normalized spacial score (nSPS) is 11.9. The van der Waals surface area contributed by atoms with E-state index in [1.807, 2.05) is 13.8 Å². The summed E-state index contributed by atoms with van der Waals surface area (Å²) in [5.41, 5.74) is 1.59. The number of hydrogen-bond acceptors (Lipinski definition) is 6. The lowest BCUT2D eigenvalue weighted by Crippen LogP contribution is -2.16. The van der Waals surface area contributed by atoms with Crippen molar-refractivity contribution in [2.45, 2.75) is 31.7 Å². The van der Waals surface area contributed by atoms with Crippen LogP contribution in [0.2, 0.25) is 0 Å². The molecule has 9 heteroatoms. The maximum Gasteiger partial charge on any atom is 0.256 e. The number of para-hydroxylation sites is 1. The standard InChI is InChI=1S/C22H22N4O4S/c1-4-31(28,29)20-10-6-5-8-17(20)25-22(27)15-12-18(19-9-7-11-30-19)24-21-16(15)13-23-26(21)14(2)3/h5-14H,4H2,1-3H3,(H,25,27). The van der Waals surface area contributed by atoms with Gasteiger partial charge in [-0.25, -0.2) is 18.1 Å². The molecule has 4 aromatic rings. The van der Waals surface area contributed by atoms with Crippen molar-refractivity contribution in [1.29, 1.82) is 0 Å². The van der Waals surface area contributed by atoms with Gasteiger partial charge in [-0.3, -0.25) is 4.79 Å². The molecule has 31 heavy (non-hydrogen) atoms. The summed E-state index contributed by atoms with van der Waals surface area (Å²) in [6.45, 7) is 5.51. The molecule has 160 valence electrons. The molecule has 0 spiro atoms. The van der Waals surface area contributed by atoms with Crippen LogP contribution in [0.4, 0.5) is 5.69 Å². The van der Waals surface area contributed by atoms with Gasteiger partial charge < -0.3 is 9.73 Å². The fraction of sp³-hybridized carbons (Fsp3) is 0.227. The first-order chi connectivity index (χ1) is 14.8. The maximum atomic E-state index is 13.3. The van der Waals surface area contributed by atoms with Crippen molar-refractivity contribution in [1.82, 2.24) is 14.8 Å². The predicted octanol–water partition coefficient (Wildman–Crippen LogP) is 4.32. The minimum Gasteiger partial charge on any atom is -0.463 e. The highest BCUT2D eigenvalue weighted by Crippen LogP contribution is 2.28. The highest BCUT2D eigenvalue weighted by Gasteiger charge is 2.22. The lowest BCUT2D eigenvalue weighted by Gasteiger charge is -2.12. The number of fused-ring (bicyclic) bond motifs is 1. The number of carbonyl (C=O) groups excluding carboxylic acids is 1. The van der Waals surface area contributed by atoms with E-state index in [2.05, 4.69) is 15.4 Å². The fourth-order valence-corrected chi connectivity index (χ4v) is 4.37. The van der Waals surface area contributed by atoms with Gasteiger partial charge in [0.05, 0.1) is 39.7 Å². The Morgan fingerprint density at radius 3 is 2.65 bits per heavy atom. The number of nitrogens with one attached hydrogen (secondary N) is 1. The Labute approximate surface area is 179 Å². The van der Waals surface area contributed by atoms with E-state index in [1.165, 1.54) is 12.3 Å². The minimum atomic E-state index is -3.51. The van der Waals surface area contributed by atoms with E-state index in [9.17, 15) is 13.2 Å². The van der Waals surface area contributed by atoms with E-state index < -0.39 is 15.7 Å². The number of hydrogen-bond donors (Lipinski definition) is 1. The number of rotatable bonds is 6. The molecule has 0 saturated carbocycles. The first-order valence-electron chi connectivity index (χ1n) is 9.87. The largest absolute Gasteiger partial charge is 0.463 e. The van der Waals surface area contributed by atoms with Gasteiger partial charge in [-0.2, -0.15) is 5.10 Å². The molecule has 1 N–H and O–H groups in total. The average Bonchev–Trinajstić information content (AvgIpc) is 3.43. The molecule has 1 aromatic carbocycles. The van der Waals surface area contributed by atoms with Crippen molar-refractivity contribution in [3.05, 3.63) is 60.5 Å². The van der Waals surface area contributed by atoms with Gasteiger partial charge in [-0.05, 0) is 44.2 Å². The second-order valence-electron chi connectivity index (χ2n) is 7.31. The van der Waals surface area contributed by atoms with Crippen molar-refractivity contribution in [2.24, 2.45) is 0 Å². The van der Waals surface area contributed by atoms with Crippen LogP contribution >= 0.6 is 0 Å². The Morgan fingerprint density at radius 2 is 1.97 bits per heavy atom. The molecular formula is C22H22N4O4S. The first-order valence-corrected chi connectivity index (χ1v) is 11.5. The van der Waals surface area contributed by atoms with Crippen LogP contribution in [0.3, 0.4) is 0 Å². The molecule has 0 saturated heterocycles. The summed E-state index contributed by atoms with van der Waals surface area (Å²) in [4.78, 5) is 18.0. The zero-order valence-corrected chi connectivity index (χ0v) is 18.2. The predicted molar refractivity (Wildman–Crippen MR) is 118 cm³/mol. The van der Waals surface area contributed by atoms with Gasteiger partial charge in [-0.1, -0.05) is 19.1 Å². The van der Waals surface area contributed by atoms with Crippen LogP contribution in [0.5, 0.6) is 0 Å². The summed E-state index contributed by atoms with van der Waals surface area (Å²) in [7, 11) is -3.51. The van der Waals surface area contributed by atoms with Gasteiger partial charge in [0.1, 0.15) is 5.69 Å². The number of pyridine rings is 1. The van der Waals surface area contributed by atoms with Crippen molar-refractivity contribution in [3.8, 4) is 11.5 Å². The van der Waals surface area contributed by atoms with E-state index in [4.69, 9.17) is 4.42 Å².